The molecule has 3 aromatic carbocycles. The van der Waals surface area contributed by atoms with Gasteiger partial charge < -0.3 is 9.84 Å². The number of ether oxygens (including phenoxy) is 1. The molecule has 0 amide bonds. The Morgan fingerprint density at radius 2 is 1.76 bits per heavy atom. The van der Waals surface area contributed by atoms with Crippen LogP contribution in [0.3, 0.4) is 0 Å². The van der Waals surface area contributed by atoms with Crippen LogP contribution in [-0.2, 0) is 19.6 Å². The fourth-order valence-electron chi connectivity index (χ4n) is 3.87. The molecule has 0 aliphatic rings. The Morgan fingerprint density at radius 3 is 2.52 bits per heavy atom. The maximum Gasteiger partial charge on any atom is 0.205 e. The summed E-state index contributed by atoms with van der Waals surface area (Å²) in [7, 11) is 0. The zero-order valence-corrected chi connectivity index (χ0v) is 18.2. The maximum absolute atomic E-state index is 9.48. The fourth-order valence-corrected chi connectivity index (χ4v) is 3.87. The molecule has 0 radical (unpaired) electrons. The third kappa shape index (κ3) is 4.31. The van der Waals surface area contributed by atoms with Gasteiger partial charge in [-0.25, -0.2) is 0 Å². The summed E-state index contributed by atoms with van der Waals surface area (Å²) >= 11 is 0. The molecule has 2 heterocycles. The third-order valence-corrected chi connectivity index (χ3v) is 5.58. The van der Waals surface area contributed by atoms with Gasteiger partial charge in [-0.1, -0.05) is 55.5 Å². The lowest BCUT2D eigenvalue weighted by Crippen LogP contribution is -2.00. The Kier molecular flexibility index (Phi) is 5.78. The van der Waals surface area contributed by atoms with Crippen LogP contribution in [0.5, 0.6) is 5.75 Å². The van der Waals surface area contributed by atoms with E-state index in [0.29, 0.717) is 12.4 Å². The summed E-state index contributed by atoms with van der Waals surface area (Å²) in [5.74, 6) is 1.31. The van der Waals surface area contributed by atoms with Gasteiger partial charge in [-0.2, -0.15) is 5.21 Å². The molecule has 7 heteroatoms. The lowest BCUT2D eigenvalue weighted by atomic mass is 9.97. The van der Waals surface area contributed by atoms with Gasteiger partial charge in [0, 0.05) is 22.7 Å². The molecule has 0 bridgehead atoms. The molecule has 0 saturated heterocycles. The van der Waals surface area contributed by atoms with Crippen molar-refractivity contribution in [2.75, 3.05) is 0 Å². The van der Waals surface area contributed by atoms with Crippen LogP contribution in [0.2, 0.25) is 0 Å². The molecule has 33 heavy (non-hydrogen) atoms. The van der Waals surface area contributed by atoms with Gasteiger partial charge in [-0.3, -0.25) is 4.98 Å². The zero-order valence-electron chi connectivity index (χ0n) is 18.2. The van der Waals surface area contributed by atoms with Crippen molar-refractivity contribution in [2.45, 2.75) is 26.6 Å². The van der Waals surface area contributed by atoms with E-state index in [1.807, 2.05) is 48.5 Å². The van der Waals surface area contributed by atoms with E-state index in [-0.39, 0.29) is 6.61 Å². The first kappa shape index (κ1) is 20.8. The summed E-state index contributed by atoms with van der Waals surface area (Å²) in [5.41, 5.74) is 6.58. The molecular weight excluding hydrogens is 414 g/mol. The maximum atomic E-state index is 9.48. The number of benzene rings is 3. The van der Waals surface area contributed by atoms with E-state index in [2.05, 4.69) is 51.8 Å². The predicted molar refractivity (Wildman–Crippen MR) is 126 cm³/mol. The van der Waals surface area contributed by atoms with Crippen LogP contribution in [0.1, 0.15) is 23.7 Å². The van der Waals surface area contributed by atoms with Gasteiger partial charge in [0.25, 0.3) is 0 Å². The second kappa shape index (κ2) is 9.18. The highest BCUT2D eigenvalue weighted by molar-refractivity contribution is 5.86. The van der Waals surface area contributed by atoms with E-state index in [1.165, 1.54) is 0 Å². The fraction of sp³-hybridized carbons (Fsp3) is 0.154. The van der Waals surface area contributed by atoms with Gasteiger partial charge in [-0.15, -0.1) is 10.2 Å². The minimum Gasteiger partial charge on any atom is -0.488 e. The average Bonchev–Trinajstić information content (AvgIpc) is 3.42. The number of pyridine rings is 1. The van der Waals surface area contributed by atoms with Crippen LogP contribution >= 0.6 is 0 Å². The second-order valence-corrected chi connectivity index (χ2v) is 7.74. The molecule has 5 rings (SSSR count). The van der Waals surface area contributed by atoms with Crippen molar-refractivity contribution in [1.29, 1.82) is 0 Å². The normalized spacial score (nSPS) is 11.1. The van der Waals surface area contributed by atoms with E-state index in [1.54, 1.807) is 0 Å². The smallest absolute Gasteiger partial charge is 0.205 e. The molecule has 0 aliphatic heterocycles. The lowest BCUT2D eigenvalue weighted by molar-refractivity contribution is 0.282. The van der Waals surface area contributed by atoms with E-state index < -0.39 is 0 Å². The Labute approximate surface area is 191 Å². The zero-order chi connectivity index (χ0) is 22.6. The first-order chi connectivity index (χ1) is 16.2. The number of fused-ring (bicyclic) bond motifs is 1. The Balaban J connectivity index is 1.49. The minimum atomic E-state index is -0.0171. The Hall–Kier alpha value is -4.10. The molecule has 5 aromatic rings. The number of nitrogens with zero attached hydrogens (tertiary/aromatic N) is 4. The van der Waals surface area contributed by atoms with Crippen molar-refractivity contribution in [3.05, 3.63) is 89.6 Å². The predicted octanol–water partition coefficient (Wildman–Crippen LogP) is 4.72. The highest BCUT2D eigenvalue weighted by Crippen LogP contribution is 2.32. The van der Waals surface area contributed by atoms with Crippen molar-refractivity contribution in [2.24, 2.45) is 0 Å². The quantitative estimate of drug-likeness (QED) is 0.383. The number of H-pyrrole nitrogens is 1. The lowest BCUT2D eigenvalue weighted by Gasteiger charge is -2.13. The molecule has 7 nitrogen and oxygen atoms in total. The first-order valence-corrected chi connectivity index (χ1v) is 10.8. The Bertz CT molecular complexity index is 1380. The number of hydrogen-bond donors (Lipinski definition) is 2. The van der Waals surface area contributed by atoms with Gasteiger partial charge in [0.1, 0.15) is 12.4 Å². The second-order valence-electron chi connectivity index (χ2n) is 7.74. The molecule has 0 unspecified atom stereocenters. The molecule has 0 atom stereocenters. The summed E-state index contributed by atoms with van der Waals surface area (Å²) in [6, 6.07) is 24.0. The highest BCUT2D eigenvalue weighted by Gasteiger charge is 2.13. The Morgan fingerprint density at radius 1 is 0.909 bits per heavy atom. The van der Waals surface area contributed by atoms with Crippen LogP contribution in [0, 0.1) is 0 Å². The van der Waals surface area contributed by atoms with Gasteiger partial charge in [-0.05, 0) is 52.1 Å². The van der Waals surface area contributed by atoms with Crippen molar-refractivity contribution in [1.82, 2.24) is 25.6 Å². The number of aryl methyl sites for hydroxylation is 1. The molecule has 0 aliphatic carbocycles. The van der Waals surface area contributed by atoms with Crippen LogP contribution in [0.15, 0.2) is 72.8 Å². The summed E-state index contributed by atoms with van der Waals surface area (Å²) in [6.45, 7) is 2.42. The molecule has 2 aromatic heterocycles. The number of tetrazole rings is 1. The standard InChI is InChI=1S/C26H23N5O2/c1-2-20-14-25(22-11-8-17(15-32)13-24(22)27-20)33-16-18-9-10-21(19-6-4-3-5-7-19)23(12-18)26-28-30-31-29-26/h3-14,32H,2,15-16H2,1H3,(H,28,29,30,31). The molecule has 2 N–H and O–H groups in total. The molecule has 164 valence electrons. The number of rotatable bonds is 7. The van der Waals surface area contributed by atoms with E-state index in [0.717, 1.165) is 56.6 Å². The summed E-state index contributed by atoms with van der Waals surface area (Å²) in [5, 5.41) is 25.1. The minimum absolute atomic E-state index is 0.0171. The molecule has 0 spiro atoms. The summed E-state index contributed by atoms with van der Waals surface area (Å²) in [6.07, 6.45) is 0.795. The third-order valence-electron chi connectivity index (χ3n) is 5.58. The number of aliphatic hydroxyl groups excluding tert-OH is 1. The van der Waals surface area contributed by atoms with Crippen LogP contribution in [-0.4, -0.2) is 30.7 Å². The topological polar surface area (TPSA) is 96.8 Å². The van der Waals surface area contributed by atoms with E-state index in [4.69, 9.17) is 9.72 Å². The van der Waals surface area contributed by atoms with E-state index in [9.17, 15) is 5.11 Å². The van der Waals surface area contributed by atoms with E-state index >= 15 is 0 Å². The van der Waals surface area contributed by atoms with Crippen molar-refractivity contribution in [3.63, 3.8) is 0 Å². The van der Waals surface area contributed by atoms with Crippen molar-refractivity contribution in [3.8, 4) is 28.3 Å². The number of hydrogen-bond acceptors (Lipinski definition) is 6. The molecule has 0 saturated carbocycles. The van der Waals surface area contributed by atoms with Gasteiger partial charge in [0.2, 0.25) is 5.82 Å². The monoisotopic (exact) mass is 437 g/mol. The van der Waals surface area contributed by atoms with Gasteiger partial charge in [0.15, 0.2) is 0 Å². The largest absolute Gasteiger partial charge is 0.488 e. The number of aliphatic hydroxyl groups is 1. The molecular formula is C26H23N5O2. The van der Waals surface area contributed by atoms with Crippen LogP contribution < -0.4 is 4.74 Å². The number of nitrogens with one attached hydrogen (secondary N) is 1. The van der Waals surface area contributed by atoms with Gasteiger partial charge in [0.05, 0.1) is 12.1 Å². The van der Waals surface area contributed by atoms with Gasteiger partial charge >= 0.3 is 0 Å². The average molecular weight is 438 g/mol. The molecule has 0 fully saturated rings. The highest BCUT2D eigenvalue weighted by atomic mass is 16.5. The number of aromatic nitrogens is 5. The van der Waals surface area contributed by atoms with Crippen molar-refractivity contribution >= 4 is 10.9 Å². The summed E-state index contributed by atoms with van der Waals surface area (Å²) in [4.78, 5) is 4.69. The van der Waals surface area contributed by atoms with Crippen molar-refractivity contribution < 1.29 is 9.84 Å². The number of aromatic amines is 1. The van der Waals surface area contributed by atoms with Crippen LogP contribution in [0.25, 0.3) is 33.4 Å². The SMILES string of the molecule is CCc1cc(OCc2ccc(-c3ccccc3)c(-c3nn[nH]n3)c2)c2ccc(CO)cc2n1. The summed E-state index contributed by atoms with van der Waals surface area (Å²) < 4.78 is 6.27. The first-order valence-electron chi connectivity index (χ1n) is 10.8. The van der Waals surface area contributed by atoms with Crippen LogP contribution in [0.4, 0.5) is 0 Å².